The maximum Gasteiger partial charge on any atom is 0.233 e. The lowest BCUT2D eigenvalue weighted by atomic mass is 10.0. The van der Waals surface area contributed by atoms with Crippen LogP contribution in [0.4, 0.5) is 0 Å². The van der Waals surface area contributed by atoms with E-state index in [-0.39, 0.29) is 0 Å². The second-order valence-corrected chi connectivity index (χ2v) is 5.25. The topological polar surface area (TPSA) is 47.0 Å². The van der Waals surface area contributed by atoms with Crippen molar-refractivity contribution in [3.8, 4) is 5.88 Å². The van der Waals surface area contributed by atoms with Crippen LogP contribution in [0.5, 0.6) is 5.88 Å². The Labute approximate surface area is 123 Å². The summed E-state index contributed by atoms with van der Waals surface area (Å²) in [5.41, 5.74) is 0.999. The molecule has 0 radical (unpaired) electrons. The number of hydrogen-bond acceptors (Lipinski definition) is 4. The number of unbranched alkanes of at least 4 members (excludes halogenated alkanes) is 6. The van der Waals surface area contributed by atoms with Gasteiger partial charge in [0.25, 0.3) is 0 Å². The maximum absolute atomic E-state index is 5.03. The summed E-state index contributed by atoms with van der Waals surface area (Å²) in [6.07, 6.45) is 10.5. The van der Waals surface area contributed by atoms with E-state index in [9.17, 15) is 0 Å². The van der Waals surface area contributed by atoms with Gasteiger partial charge in [-0.15, -0.1) is 5.10 Å². The van der Waals surface area contributed by atoms with E-state index in [1.54, 1.807) is 7.11 Å². The van der Waals surface area contributed by atoms with Crippen LogP contribution in [0.25, 0.3) is 0 Å². The SMILES string of the molecule is CCCCCCCCCC(NC)c1ccc(OC)nn1. The molecular weight excluding hydrogens is 250 g/mol. The minimum atomic E-state index is 0.295. The van der Waals surface area contributed by atoms with Crippen LogP contribution in [0.2, 0.25) is 0 Å². The van der Waals surface area contributed by atoms with E-state index in [4.69, 9.17) is 4.74 Å². The van der Waals surface area contributed by atoms with Gasteiger partial charge in [0.05, 0.1) is 18.8 Å². The molecule has 1 aromatic rings. The second-order valence-electron chi connectivity index (χ2n) is 5.25. The molecule has 0 aliphatic rings. The molecule has 0 spiro atoms. The van der Waals surface area contributed by atoms with Crippen LogP contribution < -0.4 is 10.1 Å². The minimum absolute atomic E-state index is 0.295. The zero-order valence-corrected chi connectivity index (χ0v) is 13.2. The van der Waals surface area contributed by atoms with Crippen LogP contribution in [0.1, 0.15) is 70.0 Å². The van der Waals surface area contributed by atoms with Crippen molar-refractivity contribution >= 4 is 0 Å². The Morgan fingerprint density at radius 1 is 1.05 bits per heavy atom. The zero-order chi connectivity index (χ0) is 14.6. The van der Waals surface area contributed by atoms with Gasteiger partial charge < -0.3 is 10.1 Å². The maximum atomic E-state index is 5.03. The van der Waals surface area contributed by atoms with Crippen LogP contribution in [0.15, 0.2) is 12.1 Å². The highest BCUT2D eigenvalue weighted by atomic mass is 16.5. The summed E-state index contributed by atoms with van der Waals surface area (Å²) in [5, 5.41) is 11.6. The average Bonchev–Trinajstić information content (AvgIpc) is 2.50. The van der Waals surface area contributed by atoms with Gasteiger partial charge in [-0.25, -0.2) is 0 Å². The lowest BCUT2D eigenvalue weighted by Crippen LogP contribution is -2.18. The molecule has 1 unspecified atom stereocenters. The van der Waals surface area contributed by atoms with Gasteiger partial charge >= 0.3 is 0 Å². The summed E-state index contributed by atoms with van der Waals surface area (Å²) in [4.78, 5) is 0. The summed E-state index contributed by atoms with van der Waals surface area (Å²) < 4.78 is 5.03. The molecule has 20 heavy (non-hydrogen) atoms. The molecule has 1 N–H and O–H groups in total. The third kappa shape index (κ3) is 6.33. The third-order valence-electron chi connectivity index (χ3n) is 3.67. The fourth-order valence-electron chi connectivity index (χ4n) is 2.37. The first-order valence-corrected chi connectivity index (χ1v) is 7.86. The Kier molecular flexibility index (Phi) is 8.96. The summed E-state index contributed by atoms with van der Waals surface area (Å²) >= 11 is 0. The third-order valence-corrected chi connectivity index (χ3v) is 3.67. The second kappa shape index (κ2) is 10.6. The number of aromatic nitrogens is 2. The van der Waals surface area contributed by atoms with E-state index in [0.29, 0.717) is 11.9 Å². The monoisotopic (exact) mass is 279 g/mol. The minimum Gasteiger partial charge on any atom is -0.480 e. The van der Waals surface area contributed by atoms with Gasteiger partial charge in [0.1, 0.15) is 0 Å². The van der Waals surface area contributed by atoms with Crippen molar-refractivity contribution in [2.75, 3.05) is 14.2 Å². The molecule has 0 fully saturated rings. The first-order chi connectivity index (χ1) is 9.81. The molecule has 0 aromatic carbocycles. The Balaban J connectivity index is 2.24. The van der Waals surface area contributed by atoms with E-state index in [1.165, 1.54) is 44.9 Å². The molecule has 0 aliphatic carbocycles. The van der Waals surface area contributed by atoms with Gasteiger partial charge in [-0.05, 0) is 19.5 Å². The zero-order valence-electron chi connectivity index (χ0n) is 13.2. The molecule has 0 saturated carbocycles. The molecule has 4 heteroatoms. The Morgan fingerprint density at radius 2 is 1.75 bits per heavy atom. The molecule has 114 valence electrons. The van der Waals surface area contributed by atoms with Crippen molar-refractivity contribution in [3.63, 3.8) is 0 Å². The summed E-state index contributed by atoms with van der Waals surface area (Å²) in [6, 6.07) is 4.16. The number of nitrogens with one attached hydrogen (secondary N) is 1. The van der Waals surface area contributed by atoms with Gasteiger partial charge in [0.2, 0.25) is 5.88 Å². The standard InChI is InChI=1S/C16H29N3O/c1-4-5-6-7-8-9-10-11-14(17-2)15-12-13-16(20-3)19-18-15/h12-14,17H,4-11H2,1-3H3. The van der Waals surface area contributed by atoms with Crippen LogP contribution in [-0.4, -0.2) is 24.4 Å². The average molecular weight is 279 g/mol. The number of rotatable bonds is 11. The number of nitrogens with zero attached hydrogens (tertiary/aromatic N) is 2. The van der Waals surface area contributed by atoms with Gasteiger partial charge in [0, 0.05) is 6.07 Å². The van der Waals surface area contributed by atoms with Gasteiger partial charge in [-0.1, -0.05) is 51.9 Å². The molecule has 1 atom stereocenters. The predicted molar refractivity (Wildman–Crippen MR) is 83.0 cm³/mol. The van der Waals surface area contributed by atoms with Crippen molar-refractivity contribution in [2.45, 2.75) is 64.3 Å². The van der Waals surface area contributed by atoms with E-state index >= 15 is 0 Å². The first-order valence-electron chi connectivity index (χ1n) is 7.86. The van der Waals surface area contributed by atoms with E-state index in [0.717, 1.165) is 12.1 Å². The van der Waals surface area contributed by atoms with Crippen molar-refractivity contribution in [1.82, 2.24) is 15.5 Å². The number of hydrogen-bond donors (Lipinski definition) is 1. The highest BCUT2D eigenvalue weighted by Crippen LogP contribution is 2.19. The Morgan fingerprint density at radius 3 is 2.30 bits per heavy atom. The number of ether oxygens (including phenoxy) is 1. The quantitative estimate of drug-likeness (QED) is 0.624. The van der Waals surface area contributed by atoms with Crippen LogP contribution in [-0.2, 0) is 0 Å². The molecule has 0 saturated heterocycles. The lowest BCUT2D eigenvalue weighted by Gasteiger charge is -2.15. The van der Waals surface area contributed by atoms with E-state index < -0.39 is 0 Å². The highest BCUT2D eigenvalue weighted by molar-refractivity contribution is 5.13. The molecule has 1 heterocycles. The summed E-state index contributed by atoms with van der Waals surface area (Å²) in [5.74, 6) is 0.569. The van der Waals surface area contributed by atoms with Crippen molar-refractivity contribution in [2.24, 2.45) is 0 Å². The van der Waals surface area contributed by atoms with Crippen LogP contribution in [0, 0.1) is 0 Å². The molecule has 0 bridgehead atoms. The normalized spacial score (nSPS) is 12.3. The van der Waals surface area contributed by atoms with Gasteiger partial charge in [-0.3, -0.25) is 0 Å². The molecule has 0 amide bonds. The van der Waals surface area contributed by atoms with Crippen molar-refractivity contribution in [3.05, 3.63) is 17.8 Å². The number of methoxy groups -OCH3 is 1. The predicted octanol–water partition coefficient (Wildman–Crippen LogP) is 3.89. The van der Waals surface area contributed by atoms with Crippen LogP contribution in [0.3, 0.4) is 0 Å². The lowest BCUT2D eigenvalue weighted by molar-refractivity contribution is 0.388. The molecule has 4 nitrogen and oxygen atoms in total. The fourth-order valence-corrected chi connectivity index (χ4v) is 2.37. The summed E-state index contributed by atoms with van der Waals surface area (Å²) in [7, 11) is 3.59. The Bertz CT molecular complexity index is 340. The van der Waals surface area contributed by atoms with E-state index in [2.05, 4.69) is 22.4 Å². The van der Waals surface area contributed by atoms with Gasteiger partial charge in [-0.2, -0.15) is 5.10 Å². The first kappa shape index (κ1) is 16.9. The van der Waals surface area contributed by atoms with E-state index in [1.807, 2.05) is 19.2 Å². The fraction of sp³-hybridized carbons (Fsp3) is 0.750. The summed E-state index contributed by atoms with van der Waals surface area (Å²) in [6.45, 7) is 2.26. The highest BCUT2D eigenvalue weighted by Gasteiger charge is 2.11. The Hall–Kier alpha value is -1.16. The largest absolute Gasteiger partial charge is 0.480 e. The van der Waals surface area contributed by atoms with Crippen molar-refractivity contribution in [1.29, 1.82) is 0 Å². The van der Waals surface area contributed by atoms with Gasteiger partial charge in [0.15, 0.2) is 0 Å². The van der Waals surface area contributed by atoms with Crippen LogP contribution >= 0.6 is 0 Å². The molecule has 1 rings (SSSR count). The van der Waals surface area contributed by atoms with Crippen molar-refractivity contribution < 1.29 is 4.74 Å². The molecular formula is C16H29N3O. The molecule has 0 aliphatic heterocycles. The molecule has 1 aromatic heterocycles. The smallest absolute Gasteiger partial charge is 0.233 e.